The lowest BCUT2D eigenvalue weighted by molar-refractivity contribution is -0.120. The number of aryl methyl sites for hydroxylation is 2. The number of carbonyl (C=O) groups is 2. The second-order valence-corrected chi connectivity index (χ2v) is 7.62. The number of imide groups is 1. The Hall–Kier alpha value is -3.86. The van der Waals surface area contributed by atoms with Gasteiger partial charge in [-0.15, -0.1) is 0 Å². The predicted molar refractivity (Wildman–Crippen MR) is 128 cm³/mol. The van der Waals surface area contributed by atoms with Gasteiger partial charge in [-0.05, 0) is 67.3 Å². The zero-order chi connectivity index (χ0) is 22.7. The van der Waals surface area contributed by atoms with Crippen LogP contribution in [0.25, 0.3) is 5.57 Å². The molecule has 5 heteroatoms. The molecule has 5 nitrogen and oxygen atoms in total. The summed E-state index contributed by atoms with van der Waals surface area (Å²) in [6.07, 6.45) is 0.929. The molecule has 32 heavy (non-hydrogen) atoms. The average molecular weight is 427 g/mol. The molecule has 0 fully saturated rings. The number of anilines is 2. The van der Waals surface area contributed by atoms with Crippen LogP contribution in [0.2, 0.25) is 0 Å². The first kappa shape index (κ1) is 21.4. The molecular weight excluding hydrogens is 400 g/mol. The van der Waals surface area contributed by atoms with Gasteiger partial charge < -0.3 is 10.1 Å². The van der Waals surface area contributed by atoms with Gasteiger partial charge in [0.15, 0.2) is 0 Å². The van der Waals surface area contributed by atoms with E-state index < -0.39 is 0 Å². The van der Waals surface area contributed by atoms with E-state index in [2.05, 4.69) is 12.2 Å². The Balaban J connectivity index is 1.78. The molecule has 0 bridgehead atoms. The van der Waals surface area contributed by atoms with Crippen LogP contribution in [0.3, 0.4) is 0 Å². The normalized spacial score (nSPS) is 13.7. The Bertz CT molecular complexity index is 1180. The molecule has 4 rings (SSSR count). The molecule has 0 saturated heterocycles. The Kier molecular flexibility index (Phi) is 6.08. The monoisotopic (exact) mass is 426 g/mol. The number of rotatable bonds is 7. The van der Waals surface area contributed by atoms with E-state index in [1.807, 2.05) is 80.6 Å². The van der Waals surface area contributed by atoms with Crippen molar-refractivity contribution < 1.29 is 14.3 Å². The van der Waals surface area contributed by atoms with Crippen molar-refractivity contribution >= 4 is 28.8 Å². The minimum absolute atomic E-state index is 0.270. The molecule has 3 aromatic rings. The van der Waals surface area contributed by atoms with E-state index in [-0.39, 0.29) is 17.5 Å². The molecule has 1 aliphatic rings. The molecule has 1 heterocycles. The number of hydrogen-bond donors (Lipinski definition) is 1. The molecule has 0 aromatic heterocycles. The van der Waals surface area contributed by atoms with Crippen LogP contribution in [0, 0.1) is 6.92 Å². The second-order valence-electron chi connectivity index (χ2n) is 7.62. The van der Waals surface area contributed by atoms with Crippen LogP contribution in [-0.4, -0.2) is 18.4 Å². The van der Waals surface area contributed by atoms with Gasteiger partial charge in [0.05, 0.1) is 17.9 Å². The van der Waals surface area contributed by atoms with Crippen molar-refractivity contribution in [1.82, 2.24) is 0 Å². The van der Waals surface area contributed by atoms with Crippen LogP contribution in [0.4, 0.5) is 11.4 Å². The Labute approximate surface area is 188 Å². The summed E-state index contributed by atoms with van der Waals surface area (Å²) in [4.78, 5) is 28.3. The van der Waals surface area contributed by atoms with E-state index in [9.17, 15) is 9.59 Å². The van der Waals surface area contributed by atoms with E-state index in [0.29, 0.717) is 29.2 Å². The van der Waals surface area contributed by atoms with E-state index >= 15 is 0 Å². The lowest BCUT2D eigenvalue weighted by Crippen LogP contribution is -2.33. The van der Waals surface area contributed by atoms with Gasteiger partial charge in [-0.3, -0.25) is 9.59 Å². The number of nitrogens with one attached hydrogen (secondary N) is 1. The number of carbonyl (C=O) groups excluding carboxylic acids is 2. The number of ether oxygens (including phenoxy) is 1. The fourth-order valence-corrected chi connectivity index (χ4v) is 3.80. The van der Waals surface area contributed by atoms with Crippen LogP contribution in [0.1, 0.15) is 30.5 Å². The first-order chi connectivity index (χ1) is 15.5. The van der Waals surface area contributed by atoms with Gasteiger partial charge in [0.25, 0.3) is 11.8 Å². The van der Waals surface area contributed by atoms with Crippen LogP contribution in [0.5, 0.6) is 5.75 Å². The highest BCUT2D eigenvalue weighted by atomic mass is 16.5. The smallest absolute Gasteiger partial charge is 0.282 e. The van der Waals surface area contributed by atoms with Crippen molar-refractivity contribution in [1.29, 1.82) is 0 Å². The van der Waals surface area contributed by atoms with E-state index in [4.69, 9.17) is 4.74 Å². The lowest BCUT2D eigenvalue weighted by atomic mass is 10.0. The molecule has 162 valence electrons. The van der Waals surface area contributed by atoms with Crippen molar-refractivity contribution in [2.24, 2.45) is 0 Å². The number of amides is 2. The largest absolute Gasteiger partial charge is 0.494 e. The van der Waals surface area contributed by atoms with Crippen molar-refractivity contribution in [2.75, 3.05) is 16.8 Å². The van der Waals surface area contributed by atoms with Crippen LogP contribution >= 0.6 is 0 Å². The van der Waals surface area contributed by atoms with Gasteiger partial charge in [-0.2, -0.15) is 0 Å². The summed E-state index contributed by atoms with van der Waals surface area (Å²) in [5.41, 5.74) is 4.68. The molecule has 3 aromatic carbocycles. The van der Waals surface area contributed by atoms with Crippen molar-refractivity contribution in [2.45, 2.75) is 27.2 Å². The highest BCUT2D eigenvalue weighted by Crippen LogP contribution is 2.35. The van der Waals surface area contributed by atoms with Gasteiger partial charge in [0.2, 0.25) is 0 Å². The lowest BCUT2D eigenvalue weighted by Gasteiger charge is -2.17. The molecule has 1 aliphatic heterocycles. The third kappa shape index (κ3) is 4.02. The molecular formula is C27H26N2O3. The zero-order valence-electron chi connectivity index (χ0n) is 18.5. The van der Waals surface area contributed by atoms with Crippen molar-refractivity contribution in [3.8, 4) is 5.75 Å². The third-order valence-electron chi connectivity index (χ3n) is 5.53. The van der Waals surface area contributed by atoms with E-state index in [0.717, 1.165) is 17.7 Å². The summed E-state index contributed by atoms with van der Waals surface area (Å²) >= 11 is 0. The van der Waals surface area contributed by atoms with E-state index in [1.54, 1.807) is 6.07 Å². The molecule has 0 spiro atoms. The molecule has 0 radical (unpaired) electrons. The van der Waals surface area contributed by atoms with E-state index in [1.165, 1.54) is 10.5 Å². The minimum Gasteiger partial charge on any atom is -0.494 e. The minimum atomic E-state index is -0.368. The molecule has 0 saturated carbocycles. The van der Waals surface area contributed by atoms with Gasteiger partial charge in [-0.1, -0.05) is 49.4 Å². The third-order valence-corrected chi connectivity index (χ3v) is 5.53. The standard InChI is InChI=1S/C27H26N2O3/c1-4-19-10-14-21(15-11-19)28-25-24(20-12-16-22(17-13-20)32-5-2)26(30)29(27(25)31)23-9-7-6-8-18(23)3/h6-17,28H,4-5H2,1-3H3. The van der Waals surface area contributed by atoms with Gasteiger partial charge in [-0.25, -0.2) is 4.90 Å². The quantitative estimate of drug-likeness (QED) is 0.517. The van der Waals surface area contributed by atoms with Crippen LogP contribution < -0.4 is 15.0 Å². The number of hydrogen-bond acceptors (Lipinski definition) is 4. The number of para-hydroxylation sites is 1. The SMILES string of the molecule is CCOc1ccc(C2=C(Nc3ccc(CC)cc3)C(=O)N(c3ccccc3C)C2=O)cc1. The summed E-state index contributed by atoms with van der Waals surface area (Å²) in [5, 5.41) is 3.22. The Morgan fingerprint density at radius 3 is 2.16 bits per heavy atom. The highest BCUT2D eigenvalue weighted by Gasteiger charge is 2.40. The molecule has 0 unspecified atom stereocenters. The van der Waals surface area contributed by atoms with Gasteiger partial charge in [0.1, 0.15) is 11.4 Å². The zero-order valence-corrected chi connectivity index (χ0v) is 18.5. The molecule has 0 aliphatic carbocycles. The summed E-state index contributed by atoms with van der Waals surface area (Å²) in [7, 11) is 0. The Morgan fingerprint density at radius 1 is 0.844 bits per heavy atom. The topological polar surface area (TPSA) is 58.6 Å². The first-order valence-electron chi connectivity index (χ1n) is 10.8. The number of nitrogens with zero attached hydrogens (tertiary/aromatic N) is 1. The maximum Gasteiger partial charge on any atom is 0.282 e. The molecule has 0 atom stereocenters. The molecule has 2 amide bonds. The second kappa shape index (κ2) is 9.10. The fraction of sp³-hybridized carbons (Fsp3) is 0.185. The summed E-state index contributed by atoms with van der Waals surface area (Å²) in [6.45, 7) is 6.46. The molecule has 1 N–H and O–H groups in total. The maximum atomic E-state index is 13.6. The summed E-state index contributed by atoms with van der Waals surface area (Å²) in [6, 6.07) is 22.5. The first-order valence-corrected chi connectivity index (χ1v) is 10.8. The van der Waals surface area contributed by atoms with Crippen molar-refractivity contribution in [3.05, 3.63) is 95.2 Å². The van der Waals surface area contributed by atoms with Gasteiger partial charge >= 0.3 is 0 Å². The maximum absolute atomic E-state index is 13.6. The summed E-state index contributed by atoms with van der Waals surface area (Å²) in [5.74, 6) is 0.00272. The predicted octanol–water partition coefficient (Wildman–Crippen LogP) is 5.35. The Morgan fingerprint density at radius 2 is 1.53 bits per heavy atom. The average Bonchev–Trinajstić information content (AvgIpc) is 3.05. The van der Waals surface area contributed by atoms with Gasteiger partial charge in [0, 0.05) is 5.69 Å². The van der Waals surface area contributed by atoms with Crippen LogP contribution in [-0.2, 0) is 16.0 Å². The van der Waals surface area contributed by atoms with Crippen LogP contribution in [0.15, 0.2) is 78.5 Å². The number of benzene rings is 3. The fourth-order valence-electron chi connectivity index (χ4n) is 3.80. The summed E-state index contributed by atoms with van der Waals surface area (Å²) < 4.78 is 5.53. The highest BCUT2D eigenvalue weighted by molar-refractivity contribution is 6.46. The van der Waals surface area contributed by atoms with Crippen molar-refractivity contribution in [3.63, 3.8) is 0 Å².